The van der Waals surface area contributed by atoms with Gasteiger partial charge in [-0.2, -0.15) is 0 Å². The van der Waals surface area contributed by atoms with E-state index in [1.54, 1.807) is 6.92 Å². The van der Waals surface area contributed by atoms with E-state index in [4.69, 9.17) is 0 Å². The summed E-state index contributed by atoms with van der Waals surface area (Å²) in [7, 11) is 0. The molecule has 0 aromatic rings. The molecule has 0 aliphatic rings. The van der Waals surface area contributed by atoms with Crippen LogP contribution in [0.3, 0.4) is 0 Å². The van der Waals surface area contributed by atoms with E-state index in [9.17, 15) is 4.79 Å². The van der Waals surface area contributed by atoms with E-state index < -0.39 is 0 Å². The Morgan fingerprint density at radius 1 is 1.40 bits per heavy atom. The zero-order chi connectivity index (χ0) is 8.36. The van der Waals surface area contributed by atoms with Gasteiger partial charge in [-0.1, -0.05) is 26.8 Å². The molecule has 0 rings (SSSR count). The predicted octanol–water partition coefficient (Wildman–Crippen LogP) is 2.94. The van der Waals surface area contributed by atoms with Crippen LogP contribution in [-0.4, -0.2) is 5.78 Å². The molecular formula is C8H13IO. The van der Waals surface area contributed by atoms with Gasteiger partial charge < -0.3 is 0 Å². The first kappa shape index (κ1) is 10.1. The zero-order valence-electron chi connectivity index (χ0n) is 6.86. The highest BCUT2D eigenvalue weighted by Gasteiger charge is 2.08. The molecule has 0 saturated carbocycles. The second-order valence-electron chi connectivity index (χ2n) is 3.41. The van der Waals surface area contributed by atoms with Gasteiger partial charge in [-0.3, -0.25) is 4.79 Å². The third kappa shape index (κ3) is 4.97. The first-order valence-corrected chi connectivity index (χ1v) is 4.30. The Bertz CT molecular complexity index is 163. The number of Topliss-reactive ketones (excluding diaryl/α,β-unsaturated/α-hetero) is 1. The van der Waals surface area contributed by atoms with Crippen LogP contribution in [0.2, 0.25) is 0 Å². The van der Waals surface area contributed by atoms with Crippen molar-refractivity contribution >= 4 is 28.4 Å². The number of ketones is 1. The van der Waals surface area contributed by atoms with Crippen molar-refractivity contribution in [3.8, 4) is 0 Å². The zero-order valence-corrected chi connectivity index (χ0v) is 9.02. The van der Waals surface area contributed by atoms with E-state index in [1.165, 1.54) is 0 Å². The molecule has 1 nitrogen and oxygen atoms in total. The van der Waals surface area contributed by atoms with Crippen molar-refractivity contribution < 1.29 is 4.79 Å². The molecule has 0 unspecified atom stereocenters. The molecule has 0 bridgehead atoms. The van der Waals surface area contributed by atoms with Gasteiger partial charge in [0.25, 0.3) is 0 Å². The molecule has 0 aliphatic carbocycles. The number of carbonyl (C=O) groups is 1. The molecule has 0 atom stereocenters. The van der Waals surface area contributed by atoms with Crippen molar-refractivity contribution in [3.63, 3.8) is 0 Å². The van der Waals surface area contributed by atoms with E-state index in [-0.39, 0.29) is 11.2 Å². The third-order valence-corrected chi connectivity index (χ3v) is 1.97. The van der Waals surface area contributed by atoms with Crippen LogP contribution in [-0.2, 0) is 4.79 Å². The van der Waals surface area contributed by atoms with Gasteiger partial charge in [0.2, 0.25) is 0 Å². The summed E-state index contributed by atoms with van der Waals surface area (Å²) in [4.78, 5) is 10.7. The van der Waals surface area contributed by atoms with E-state index in [1.807, 2.05) is 6.08 Å². The van der Waals surface area contributed by atoms with E-state index in [0.29, 0.717) is 0 Å². The maximum absolute atomic E-state index is 10.7. The van der Waals surface area contributed by atoms with Gasteiger partial charge in [0.15, 0.2) is 5.78 Å². The minimum atomic E-state index is 0.113. The third-order valence-electron chi connectivity index (χ3n) is 0.896. The van der Waals surface area contributed by atoms with Gasteiger partial charge in [-0.15, -0.1) is 0 Å². The number of carbonyl (C=O) groups excluding carboxylic acids is 1. The highest BCUT2D eigenvalue weighted by Crippen LogP contribution is 2.20. The van der Waals surface area contributed by atoms with Crippen LogP contribution in [0, 0.1) is 5.41 Å². The lowest BCUT2D eigenvalue weighted by Crippen LogP contribution is -2.02. The monoisotopic (exact) mass is 252 g/mol. The second kappa shape index (κ2) is 3.51. The molecule has 0 N–H and O–H groups in total. The minimum Gasteiger partial charge on any atom is -0.294 e. The maximum Gasteiger partial charge on any atom is 0.165 e. The first-order valence-electron chi connectivity index (χ1n) is 3.22. The molecule has 0 spiro atoms. The van der Waals surface area contributed by atoms with Gasteiger partial charge in [0.1, 0.15) is 0 Å². The lowest BCUT2D eigenvalue weighted by atomic mass is 9.96. The molecule has 0 fully saturated rings. The Balaban J connectivity index is 4.32. The molecule has 58 valence electrons. The van der Waals surface area contributed by atoms with E-state index in [0.717, 1.165) is 3.58 Å². The standard InChI is InChI=1S/C8H13IO/c1-6(10)7(9)5-8(2,3)4/h5H,1-4H3/b7-5-. The molecule has 2 heteroatoms. The van der Waals surface area contributed by atoms with Crippen LogP contribution in [0.1, 0.15) is 27.7 Å². The van der Waals surface area contributed by atoms with Gasteiger partial charge in [-0.25, -0.2) is 0 Å². The lowest BCUT2D eigenvalue weighted by molar-refractivity contribution is -0.112. The summed E-state index contributed by atoms with van der Waals surface area (Å²) in [5.41, 5.74) is 0.113. The summed E-state index contributed by atoms with van der Waals surface area (Å²) in [5, 5.41) is 0. The van der Waals surface area contributed by atoms with Crippen LogP contribution < -0.4 is 0 Å². The largest absolute Gasteiger partial charge is 0.294 e. The predicted molar refractivity (Wildman–Crippen MR) is 52.2 cm³/mol. The van der Waals surface area contributed by atoms with Gasteiger partial charge in [0.05, 0.1) is 3.58 Å². The molecule has 0 saturated heterocycles. The number of halogens is 1. The second-order valence-corrected chi connectivity index (χ2v) is 4.58. The Hall–Kier alpha value is 0.140. The van der Waals surface area contributed by atoms with Crippen LogP contribution in [0.25, 0.3) is 0 Å². The summed E-state index contributed by atoms with van der Waals surface area (Å²) in [5.74, 6) is 0.149. The van der Waals surface area contributed by atoms with Crippen molar-refractivity contribution in [2.75, 3.05) is 0 Å². The molecule has 0 heterocycles. The number of rotatable bonds is 1. The smallest absolute Gasteiger partial charge is 0.165 e. The SMILES string of the molecule is CC(=O)/C(I)=C/C(C)(C)C. The van der Waals surface area contributed by atoms with Gasteiger partial charge in [0, 0.05) is 0 Å². The molecule has 0 radical (unpaired) electrons. The summed E-state index contributed by atoms with van der Waals surface area (Å²) >= 11 is 2.07. The van der Waals surface area contributed by atoms with Crippen LogP contribution in [0.4, 0.5) is 0 Å². The Kier molecular flexibility index (Phi) is 3.56. The average molecular weight is 252 g/mol. The number of hydrogen-bond donors (Lipinski definition) is 0. The lowest BCUT2D eigenvalue weighted by Gasteiger charge is -2.11. The fourth-order valence-corrected chi connectivity index (χ4v) is 1.42. The summed E-state index contributed by atoms with van der Waals surface area (Å²) in [6.45, 7) is 7.82. The minimum absolute atomic E-state index is 0.113. The number of hydrogen-bond acceptors (Lipinski definition) is 1. The molecule has 10 heavy (non-hydrogen) atoms. The van der Waals surface area contributed by atoms with Crippen molar-refractivity contribution in [2.45, 2.75) is 27.7 Å². The van der Waals surface area contributed by atoms with Crippen molar-refractivity contribution in [3.05, 3.63) is 9.66 Å². The molecule has 0 amide bonds. The normalized spacial score (nSPS) is 13.5. The van der Waals surface area contributed by atoms with E-state index in [2.05, 4.69) is 43.4 Å². The van der Waals surface area contributed by atoms with E-state index >= 15 is 0 Å². The Labute approximate surface area is 76.0 Å². The quantitative estimate of drug-likeness (QED) is 0.518. The van der Waals surface area contributed by atoms with Crippen molar-refractivity contribution in [1.29, 1.82) is 0 Å². The fourth-order valence-electron chi connectivity index (χ4n) is 0.482. The number of allylic oxidation sites excluding steroid dienone is 2. The summed E-state index contributed by atoms with van der Waals surface area (Å²) in [6, 6.07) is 0. The maximum atomic E-state index is 10.7. The Morgan fingerprint density at radius 2 is 1.80 bits per heavy atom. The highest BCUT2D eigenvalue weighted by molar-refractivity contribution is 14.1. The van der Waals surface area contributed by atoms with Crippen LogP contribution in [0.15, 0.2) is 9.66 Å². The molecule has 0 aromatic carbocycles. The summed E-state index contributed by atoms with van der Waals surface area (Å²) in [6.07, 6.45) is 1.98. The van der Waals surface area contributed by atoms with Gasteiger partial charge in [-0.05, 0) is 34.9 Å². The van der Waals surface area contributed by atoms with Crippen LogP contribution >= 0.6 is 22.6 Å². The van der Waals surface area contributed by atoms with Gasteiger partial charge >= 0.3 is 0 Å². The Morgan fingerprint density at radius 3 is 1.90 bits per heavy atom. The molecule has 0 aliphatic heterocycles. The molecule has 0 aromatic heterocycles. The van der Waals surface area contributed by atoms with Crippen LogP contribution in [0.5, 0.6) is 0 Å². The summed E-state index contributed by atoms with van der Waals surface area (Å²) < 4.78 is 0.824. The molecular weight excluding hydrogens is 239 g/mol. The van der Waals surface area contributed by atoms with Crippen molar-refractivity contribution in [1.82, 2.24) is 0 Å². The fraction of sp³-hybridized carbons (Fsp3) is 0.625. The average Bonchev–Trinajstić information content (AvgIpc) is 1.60. The highest BCUT2D eigenvalue weighted by atomic mass is 127. The van der Waals surface area contributed by atoms with Crippen molar-refractivity contribution in [2.24, 2.45) is 5.41 Å². The first-order chi connectivity index (χ1) is 4.33. The topological polar surface area (TPSA) is 17.1 Å².